The van der Waals surface area contributed by atoms with Crippen molar-refractivity contribution in [1.82, 2.24) is 10.2 Å². The summed E-state index contributed by atoms with van der Waals surface area (Å²) in [7, 11) is 0. The van der Waals surface area contributed by atoms with E-state index in [1.165, 1.54) is 19.3 Å². The number of rotatable bonds is 3. The first-order valence-corrected chi connectivity index (χ1v) is 5.62. The van der Waals surface area contributed by atoms with Crippen molar-refractivity contribution < 1.29 is 4.42 Å². The van der Waals surface area contributed by atoms with E-state index >= 15 is 0 Å². The maximum Gasteiger partial charge on any atom is 0.277 e. The van der Waals surface area contributed by atoms with E-state index in [4.69, 9.17) is 10.2 Å². The number of nitrogens with zero attached hydrogens (tertiary/aromatic N) is 2. The van der Waals surface area contributed by atoms with Gasteiger partial charge in [-0.25, -0.2) is 0 Å². The Morgan fingerprint density at radius 3 is 3.14 bits per heavy atom. The molecule has 0 radical (unpaired) electrons. The van der Waals surface area contributed by atoms with Crippen LogP contribution < -0.4 is 5.73 Å². The molecule has 14 heavy (non-hydrogen) atoms. The van der Waals surface area contributed by atoms with Crippen LogP contribution in [0.4, 0.5) is 0 Å². The fourth-order valence-corrected chi connectivity index (χ4v) is 2.34. The van der Waals surface area contributed by atoms with Gasteiger partial charge in [-0.2, -0.15) is 0 Å². The number of hydrogen-bond acceptors (Lipinski definition) is 5. The summed E-state index contributed by atoms with van der Waals surface area (Å²) in [6.45, 7) is 0.314. The molecule has 0 aromatic carbocycles. The lowest BCUT2D eigenvalue weighted by atomic mass is 10.1. The molecular weight excluding hydrogens is 198 g/mol. The third-order valence-corrected chi connectivity index (χ3v) is 3.15. The number of hydrogen-bond donors (Lipinski definition) is 1. The first kappa shape index (κ1) is 9.73. The molecule has 0 spiro atoms. The van der Waals surface area contributed by atoms with Gasteiger partial charge < -0.3 is 10.2 Å². The van der Waals surface area contributed by atoms with Crippen LogP contribution in [0.15, 0.2) is 21.8 Å². The highest BCUT2D eigenvalue weighted by molar-refractivity contribution is 7.99. The average Bonchev–Trinajstić information content (AvgIpc) is 2.67. The van der Waals surface area contributed by atoms with Gasteiger partial charge in [0, 0.05) is 5.25 Å². The van der Waals surface area contributed by atoms with Crippen LogP contribution in [-0.4, -0.2) is 15.4 Å². The van der Waals surface area contributed by atoms with Crippen LogP contribution in [0.5, 0.6) is 0 Å². The summed E-state index contributed by atoms with van der Waals surface area (Å²) in [4.78, 5) is 0. The van der Waals surface area contributed by atoms with E-state index in [-0.39, 0.29) is 0 Å². The summed E-state index contributed by atoms with van der Waals surface area (Å²) in [5.41, 5.74) is 5.38. The normalized spacial score (nSPS) is 21.4. The molecule has 1 aromatic rings. The second kappa shape index (κ2) is 4.61. The maximum atomic E-state index is 5.38. The summed E-state index contributed by atoms with van der Waals surface area (Å²) in [6.07, 6.45) is 8.03. The Hall–Kier alpha value is -0.810. The fourth-order valence-electron chi connectivity index (χ4n) is 1.38. The Morgan fingerprint density at radius 1 is 1.57 bits per heavy atom. The van der Waals surface area contributed by atoms with E-state index in [1.807, 2.05) is 0 Å². The van der Waals surface area contributed by atoms with Gasteiger partial charge in [-0.15, -0.1) is 10.2 Å². The highest BCUT2D eigenvalue weighted by Gasteiger charge is 2.14. The minimum Gasteiger partial charge on any atom is -0.415 e. The molecule has 0 bridgehead atoms. The molecule has 0 saturated carbocycles. The largest absolute Gasteiger partial charge is 0.415 e. The molecule has 5 heteroatoms. The third-order valence-electron chi connectivity index (χ3n) is 2.09. The molecule has 2 rings (SSSR count). The smallest absolute Gasteiger partial charge is 0.277 e. The average molecular weight is 211 g/mol. The standard InChI is InChI=1S/C9H13N3OS/c10-6-8-11-12-9(13-8)14-7-4-2-1-3-5-7/h2,4,7H,1,3,5-6,10H2. The number of nitrogens with two attached hydrogens (primary N) is 1. The van der Waals surface area contributed by atoms with Gasteiger partial charge in [0.2, 0.25) is 5.89 Å². The van der Waals surface area contributed by atoms with Gasteiger partial charge in [0.1, 0.15) is 0 Å². The SMILES string of the molecule is NCc1nnc(SC2C=CCCC2)o1. The van der Waals surface area contributed by atoms with Crippen molar-refractivity contribution in [3.63, 3.8) is 0 Å². The Kier molecular flexibility index (Phi) is 3.21. The van der Waals surface area contributed by atoms with E-state index in [1.54, 1.807) is 11.8 Å². The van der Waals surface area contributed by atoms with Gasteiger partial charge in [-0.3, -0.25) is 0 Å². The van der Waals surface area contributed by atoms with Crippen molar-refractivity contribution in [2.24, 2.45) is 5.73 Å². The topological polar surface area (TPSA) is 64.9 Å². The lowest BCUT2D eigenvalue weighted by molar-refractivity contribution is 0.414. The van der Waals surface area contributed by atoms with Crippen LogP contribution in [0.3, 0.4) is 0 Å². The molecule has 1 atom stereocenters. The number of aromatic nitrogens is 2. The Labute approximate surface area is 87.0 Å². The molecule has 0 fully saturated rings. The lowest BCUT2D eigenvalue weighted by Crippen LogP contribution is -2.01. The van der Waals surface area contributed by atoms with Gasteiger partial charge in [0.15, 0.2) is 0 Å². The number of allylic oxidation sites excluding steroid dienone is 1. The van der Waals surface area contributed by atoms with Gasteiger partial charge in [-0.05, 0) is 19.3 Å². The molecule has 0 saturated heterocycles. The molecule has 0 amide bonds. The van der Waals surface area contributed by atoms with E-state index in [0.29, 0.717) is 22.9 Å². The first-order chi connectivity index (χ1) is 6.88. The van der Waals surface area contributed by atoms with Crippen LogP contribution in [-0.2, 0) is 6.54 Å². The van der Waals surface area contributed by atoms with E-state index in [0.717, 1.165) is 0 Å². The molecule has 1 aromatic heterocycles. The summed E-state index contributed by atoms with van der Waals surface area (Å²) in [5.74, 6) is 0.507. The highest BCUT2D eigenvalue weighted by Crippen LogP contribution is 2.28. The van der Waals surface area contributed by atoms with Gasteiger partial charge in [0.25, 0.3) is 5.22 Å². The third kappa shape index (κ3) is 2.36. The van der Waals surface area contributed by atoms with Gasteiger partial charge >= 0.3 is 0 Å². The zero-order chi connectivity index (χ0) is 9.80. The van der Waals surface area contributed by atoms with Crippen molar-refractivity contribution in [3.05, 3.63) is 18.0 Å². The molecule has 1 unspecified atom stereocenters. The monoisotopic (exact) mass is 211 g/mol. The minimum absolute atomic E-state index is 0.314. The van der Waals surface area contributed by atoms with Crippen molar-refractivity contribution in [3.8, 4) is 0 Å². The predicted octanol–water partition coefficient (Wildman–Crippen LogP) is 1.73. The molecule has 4 nitrogen and oxygen atoms in total. The Bertz CT molecular complexity index is 324. The summed E-state index contributed by atoms with van der Waals surface area (Å²) in [6, 6.07) is 0. The molecule has 76 valence electrons. The van der Waals surface area contributed by atoms with E-state index in [9.17, 15) is 0 Å². The van der Waals surface area contributed by atoms with Crippen molar-refractivity contribution >= 4 is 11.8 Å². The Morgan fingerprint density at radius 2 is 2.50 bits per heavy atom. The van der Waals surface area contributed by atoms with Crippen molar-refractivity contribution in [2.75, 3.05) is 0 Å². The maximum absolute atomic E-state index is 5.38. The molecule has 2 N–H and O–H groups in total. The van der Waals surface area contributed by atoms with Gasteiger partial charge in [-0.1, -0.05) is 23.9 Å². The van der Waals surface area contributed by atoms with Crippen molar-refractivity contribution in [1.29, 1.82) is 0 Å². The van der Waals surface area contributed by atoms with E-state index < -0.39 is 0 Å². The zero-order valence-corrected chi connectivity index (χ0v) is 8.67. The molecule has 0 aliphatic heterocycles. The van der Waals surface area contributed by atoms with E-state index in [2.05, 4.69) is 22.3 Å². The summed E-state index contributed by atoms with van der Waals surface area (Å²) < 4.78 is 5.32. The van der Waals surface area contributed by atoms with Crippen molar-refractivity contribution in [2.45, 2.75) is 36.3 Å². The number of thioether (sulfide) groups is 1. The van der Waals surface area contributed by atoms with Gasteiger partial charge in [0.05, 0.1) is 6.54 Å². The molecule has 1 aliphatic carbocycles. The predicted molar refractivity (Wildman–Crippen MR) is 54.8 cm³/mol. The van der Waals surface area contributed by atoms with Crippen LogP contribution >= 0.6 is 11.8 Å². The highest BCUT2D eigenvalue weighted by atomic mass is 32.2. The van der Waals surface area contributed by atoms with Crippen LogP contribution in [0, 0.1) is 0 Å². The molecular formula is C9H13N3OS. The Balaban J connectivity index is 1.95. The van der Waals surface area contributed by atoms with Crippen LogP contribution in [0.2, 0.25) is 0 Å². The second-order valence-corrected chi connectivity index (χ2v) is 4.37. The van der Waals surface area contributed by atoms with Crippen LogP contribution in [0.1, 0.15) is 25.2 Å². The lowest BCUT2D eigenvalue weighted by Gasteiger charge is -2.12. The fraction of sp³-hybridized carbons (Fsp3) is 0.556. The minimum atomic E-state index is 0.314. The quantitative estimate of drug-likeness (QED) is 0.771. The molecule has 1 heterocycles. The summed E-state index contributed by atoms with van der Waals surface area (Å²) in [5, 5.41) is 8.84. The zero-order valence-electron chi connectivity index (χ0n) is 7.85. The summed E-state index contributed by atoms with van der Waals surface area (Å²) >= 11 is 1.62. The second-order valence-electron chi connectivity index (χ2n) is 3.18. The first-order valence-electron chi connectivity index (χ1n) is 4.74. The molecule has 1 aliphatic rings. The van der Waals surface area contributed by atoms with Crippen LogP contribution in [0.25, 0.3) is 0 Å².